The molecule has 0 aromatic rings. The van der Waals surface area contributed by atoms with E-state index in [1.807, 2.05) is 47.0 Å². The molecule has 6 heteroatoms. The van der Waals surface area contributed by atoms with Crippen molar-refractivity contribution in [1.82, 2.24) is 0 Å². The molecule has 0 fully saturated rings. The Morgan fingerprint density at radius 1 is 0.571 bits per heavy atom. The molecular weight excluding hydrogens is 512 g/mol. The van der Waals surface area contributed by atoms with Crippen molar-refractivity contribution in [1.29, 1.82) is 0 Å². The van der Waals surface area contributed by atoms with Gasteiger partial charge in [-0.1, -0.05) is 13.1 Å². The Hall–Kier alpha value is 0.420. The van der Waals surface area contributed by atoms with Crippen LogP contribution in [0.4, 0.5) is 0 Å². The molecule has 0 radical (unpaired) electrons. The summed E-state index contributed by atoms with van der Waals surface area (Å²) in [4.78, 5) is 5.64. The van der Waals surface area contributed by atoms with Gasteiger partial charge in [0.15, 0.2) is 0 Å². The van der Waals surface area contributed by atoms with Gasteiger partial charge in [0.25, 0.3) is 0 Å². The maximum absolute atomic E-state index is 2.53. The smallest absolute Gasteiger partial charge is 0.113 e. The number of fused-ring (bicyclic) bond motifs is 2. The summed E-state index contributed by atoms with van der Waals surface area (Å²) in [6, 6.07) is 0. The van der Waals surface area contributed by atoms with Crippen LogP contribution in [-0.4, -0.2) is 33.1 Å². The molecular formula is C22H24S4SiZr. The summed E-state index contributed by atoms with van der Waals surface area (Å²) in [6.07, 6.45) is 23.3. The van der Waals surface area contributed by atoms with E-state index in [-0.39, 0.29) is 26.2 Å². The zero-order valence-electron chi connectivity index (χ0n) is 17.1. The number of thioether (sulfide) groups is 4. The second-order valence-corrected chi connectivity index (χ2v) is 15.1. The molecule has 0 aromatic carbocycles. The van der Waals surface area contributed by atoms with E-state index in [0.29, 0.717) is 0 Å². The third kappa shape index (κ3) is 3.65. The minimum absolute atomic E-state index is 0. The van der Waals surface area contributed by atoms with E-state index in [1.165, 1.54) is 41.9 Å². The summed E-state index contributed by atoms with van der Waals surface area (Å²) in [7, 11) is -1.82. The van der Waals surface area contributed by atoms with Crippen molar-refractivity contribution >= 4 is 55.1 Å². The Balaban J connectivity index is 0.00000225. The summed E-state index contributed by atoms with van der Waals surface area (Å²) in [5, 5.41) is 3.18. The monoisotopic (exact) mass is 534 g/mol. The van der Waals surface area contributed by atoms with Crippen LogP contribution < -0.4 is 0 Å². The van der Waals surface area contributed by atoms with Gasteiger partial charge in [0.05, 0.1) is 0 Å². The molecule has 0 nitrogen and oxygen atoms in total. The van der Waals surface area contributed by atoms with Gasteiger partial charge in [-0.15, -0.1) is 47.0 Å². The predicted octanol–water partition coefficient (Wildman–Crippen LogP) is 7.26. The van der Waals surface area contributed by atoms with E-state index < -0.39 is 8.07 Å². The first-order chi connectivity index (χ1) is 12.9. The van der Waals surface area contributed by atoms with Crippen LogP contribution in [0, 0.1) is 0 Å². The van der Waals surface area contributed by atoms with Gasteiger partial charge in [-0.2, -0.15) is 0 Å². The summed E-state index contributed by atoms with van der Waals surface area (Å²) in [5.74, 6) is 0. The van der Waals surface area contributed by atoms with Crippen LogP contribution in [0.25, 0.3) is 0 Å². The molecule has 0 N–H and O–H groups in total. The Bertz CT molecular complexity index is 906. The van der Waals surface area contributed by atoms with E-state index in [0.717, 1.165) is 0 Å². The average Bonchev–Trinajstić information content (AvgIpc) is 3.39. The van der Waals surface area contributed by atoms with Crippen molar-refractivity contribution < 1.29 is 26.2 Å². The molecule has 4 aliphatic rings. The first kappa shape index (κ1) is 23.1. The van der Waals surface area contributed by atoms with Gasteiger partial charge in [0.1, 0.15) is 8.07 Å². The molecule has 0 spiro atoms. The van der Waals surface area contributed by atoms with Crippen molar-refractivity contribution in [3.05, 3.63) is 88.8 Å². The molecule has 144 valence electrons. The summed E-state index contributed by atoms with van der Waals surface area (Å²) >= 11 is 7.46. The van der Waals surface area contributed by atoms with Crippen LogP contribution in [0.15, 0.2) is 88.8 Å². The zero-order valence-corrected chi connectivity index (χ0v) is 23.8. The predicted molar refractivity (Wildman–Crippen MR) is 134 cm³/mol. The Kier molecular flexibility index (Phi) is 7.32. The molecule has 0 aliphatic heterocycles. The van der Waals surface area contributed by atoms with Gasteiger partial charge in [-0.3, -0.25) is 0 Å². The molecule has 0 heterocycles. The van der Waals surface area contributed by atoms with Crippen LogP contribution in [0.1, 0.15) is 0 Å². The van der Waals surface area contributed by atoms with Crippen LogP contribution in [0.2, 0.25) is 13.1 Å². The zero-order chi connectivity index (χ0) is 19.3. The van der Waals surface area contributed by atoms with E-state index in [2.05, 4.69) is 74.6 Å². The van der Waals surface area contributed by atoms with Crippen molar-refractivity contribution in [2.24, 2.45) is 0 Å². The molecule has 4 aliphatic carbocycles. The molecule has 0 aromatic heterocycles. The molecule has 0 unspecified atom stereocenters. The first-order valence-electron chi connectivity index (χ1n) is 8.91. The number of hydrogen-bond acceptors (Lipinski definition) is 4. The second-order valence-electron chi connectivity index (χ2n) is 7.32. The maximum atomic E-state index is 2.53. The van der Waals surface area contributed by atoms with Gasteiger partial charge in [-0.25, -0.2) is 0 Å². The van der Waals surface area contributed by atoms with Crippen molar-refractivity contribution in [2.45, 2.75) is 13.1 Å². The summed E-state index contributed by atoms with van der Waals surface area (Å²) in [6.45, 7) is 5.06. The fraction of sp³-hybridized carbons (Fsp3) is 0.273. The van der Waals surface area contributed by atoms with Gasteiger partial charge in [-0.05, 0) is 94.2 Å². The average molecular weight is 536 g/mol. The molecule has 0 saturated carbocycles. The standard InChI is InChI=1S/C22H24S4Si.Zr/c1-23-13-7-15-17(9-13)21(11-19(15)25-3)27(5,6)22-12-20(26-4)16-8-14(24-2)10-18(16)22;/h7-12H,1-6H3;. The third-order valence-corrected chi connectivity index (χ3v) is 12.1. The fourth-order valence-electron chi connectivity index (χ4n) is 4.14. The topological polar surface area (TPSA) is 0 Å². The summed E-state index contributed by atoms with van der Waals surface area (Å²) in [5.41, 5.74) is 5.86. The first-order valence-corrected chi connectivity index (χ1v) is 16.8. The van der Waals surface area contributed by atoms with E-state index in [4.69, 9.17) is 0 Å². The van der Waals surface area contributed by atoms with E-state index >= 15 is 0 Å². The summed E-state index contributed by atoms with van der Waals surface area (Å²) < 4.78 is 0. The van der Waals surface area contributed by atoms with E-state index in [1.54, 1.807) is 10.4 Å². The Labute approximate surface area is 206 Å². The third-order valence-electron chi connectivity index (χ3n) is 5.65. The minimum atomic E-state index is -1.82. The van der Waals surface area contributed by atoms with Gasteiger partial charge in [0, 0.05) is 45.8 Å². The Morgan fingerprint density at radius 2 is 0.964 bits per heavy atom. The minimum Gasteiger partial charge on any atom is -0.130 e. The van der Waals surface area contributed by atoms with Crippen molar-refractivity contribution in [3.63, 3.8) is 0 Å². The number of rotatable bonds is 6. The molecule has 0 bridgehead atoms. The Morgan fingerprint density at radius 3 is 1.29 bits per heavy atom. The van der Waals surface area contributed by atoms with Crippen LogP contribution in [0.3, 0.4) is 0 Å². The van der Waals surface area contributed by atoms with Gasteiger partial charge in [0.2, 0.25) is 0 Å². The number of hydrogen-bond donors (Lipinski definition) is 0. The number of allylic oxidation sites excluding steroid dienone is 12. The van der Waals surface area contributed by atoms with Crippen LogP contribution >= 0.6 is 47.0 Å². The second kappa shape index (κ2) is 8.88. The van der Waals surface area contributed by atoms with E-state index in [9.17, 15) is 0 Å². The quantitative estimate of drug-likeness (QED) is 0.328. The molecule has 0 amide bonds. The molecule has 0 saturated heterocycles. The molecule has 4 rings (SSSR count). The fourth-order valence-corrected chi connectivity index (χ4v) is 9.60. The molecule has 28 heavy (non-hydrogen) atoms. The molecule has 0 atom stereocenters. The van der Waals surface area contributed by atoms with Crippen molar-refractivity contribution in [2.75, 3.05) is 25.0 Å². The maximum Gasteiger partial charge on any atom is 0.113 e. The SMILES string of the molecule is CSC1=CC2=C([Si](C)(C)C3=C4C=C(SC)C=C4C(SC)=C3)C=C(SC)C2=C1.[Zr]. The van der Waals surface area contributed by atoms with Gasteiger partial charge < -0.3 is 0 Å². The van der Waals surface area contributed by atoms with Crippen molar-refractivity contribution in [3.8, 4) is 0 Å². The normalized spacial score (nSPS) is 20.4. The van der Waals surface area contributed by atoms with Gasteiger partial charge >= 0.3 is 0 Å². The van der Waals surface area contributed by atoms with Crippen LogP contribution in [0.5, 0.6) is 0 Å². The van der Waals surface area contributed by atoms with Crippen LogP contribution in [-0.2, 0) is 26.2 Å². The largest absolute Gasteiger partial charge is 0.130 e.